The van der Waals surface area contributed by atoms with Crippen molar-refractivity contribution in [2.75, 3.05) is 13.7 Å². The molecule has 2 rings (SSSR count). The van der Waals surface area contributed by atoms with Crippen molar-refractivity contribution in [3.05, 3.63) is 29.8 Å². The van der Waals surface area contributed by atoms with Gasteiger partial charge in [-0.2, -0.15) is 0 Å². The average Bonchev–Trinajstić information content (AvgIpc) is 2.36. The van der Waals surface area contributed by atoms with Gasteiger partial charge >= 0.3 is 0 Å². The van der Waals surface area contributed by atoms with Gasteiger partial charge in [-0.1, -0.05) is 39.8 Å². The van der Waals surface area contributed by atoms with Crippen LogP contribution in [0.2, 0.25) is 0 Å². The molecule has 1 aliphatic carbocycles. The largest absolute Gasteiger partial charge is 0.497 e. The summed E-state index contributed by atoms with van der Waals surface area (Å²) in [6.45, 7) is 10.4. The Morgan fingerprint density at radius 3 is 2.60 bits per heavy atom. The van der Waals surface area contributed by atoms with Crippen molar-refractivity contribution >= 4 is 0 Å². The third-order valence-electron chi connectivity index (χ3n) is 5.11. The van der Waals surface area contributed by atoms with E-state index >= 15 is 0 Å². The zero-order valence-electron chi connectivity index (χ0n) is 13.6. The van der Waals surface area contributed by atoms with Crippen LogP contribution in [0.3, 0.4) is 0 Å². The summed E-state index contributed by atoms with van der Waals surface area (Å²) < 4.78 is 5.30. The van der Waals surface area contributed by atoms with Crippen LogP contribution in [0.15, 0.2) is 24.3 Å². The normalized spacial score (nSPS) is 22.7. The van der Waals surface area contributed by atoms with E-state index in [9.17, 15) is 0 Å². The molecule has 0 saturated heterocycles. The lowest BCUT2D eigenvalue weighted by Gasteiger charge is -2.39. The maximum Gasteiger partial charge on any atom is 0.119 e. The summed E-state index contributed by atoms with van der Waals surface area (Å²) in [5.74, 6) is 2.38. The molecule has 1 aromatic rings. The molecule has 1 aromatic carbocycles. The third-order valence-corrected chi connectivity index (χ3v) is 5.11. The highest BCUT2D eigenvalue weighted by atomic mass is 16.5. The van der Waals surface area contributed by atoms with E-state index in [0.717, 1.165) is 12.3 Å². The number of rotatable bonds is 6. The van der Waals surface area contributed by atoms with Gasteiger partial charge in [-0.05, 0) is 47.8 Å². The Morgan fingerprint density at radius 1 is 1.30 bits per heavy atom. The zero-order chi connectivity index (χ0) is 14.8. The summed E-state index contributed by atoms with van der Waals surface area (Å²) in [4.78, 5) is 0. The molecule has 0 atom stereocenters. The molecule has 20 heavy (non-hydrogen) atoms. The molecular formula is C18H29NO. The predicted molar refractivity (Wildman–Crippen MR) is 85.4 cm³/mol. The minimum absolute atomic E-state index is 0.376. The number of nitrogens with one attached hydrogen (secondary N) is 1. The molecule has 112 valence electrons. The maximum atomic E-state index is 5.30. The summed E-state index contributed by atoms with van der Waals surface area (Å²) in [5, 5.41) is 3.74. The second-order valence-corrected chi connectivity index (χ2v) is 7.17. The first-order chi connectivity index (χ1) is 9.42. The van der Waals surface area contributed by atoms with E-state index in [-0.39, 0.29) is 0 Å². The van der Waals surface area contributed by atoms with Crippen LogP contribution >= 0.6 is 0 Å². The molecule has 0 aliphatic heterocycles. The number of benzene rings is 1. The molecule has 0 aromatic heterocycles. The molecule has 1 saturated carbocycles. The lowest BCUT2D eigenvalue weighted by Crippen LogP contribution is -2.45. The van der Waals surface area contributed by atoms with Crippen LogP contribution in [0, 0.1) is 11.3 Å². The first-order valence-corrected chi connectivity index (χ1v) is 7.79. The van der Waals surface area contributed by atoms with Crippen LogP contribution in [0.4, 0.5) is 0 Å². The van der Waals surface area contributed by atoms with E-state index in [1.54, 1.807) is 7.11 Å². The summed E-state index contributed by atoms with van der Waals surface area (Å²) in [7, 11) is 1.73. The summed E-state index contributed by atoms with van der Waals surface area (Å²) in [5.41, 5.74) is 1.80. The monoisotopic (exact) mass is 275 g/mol. The molecule has 1 N–H and O–H groups in total. The van der Waals surface area contributed by atoms with E-state index in [0.29, 0.717) is 23.3 Å². The van der Waals surface area contributed by atoms with E-state index < -0.39 is 0 Å². The molecule has 0 spiro atoms. The molecule has 1 fully saturated rings. The van der Waals surface area contributed by atoms with Crippen molar-refractivity contribution in [3.8, 4) is 5.75 Å². The first kappa shape index (κ1) is 15.4. The maximum absolute atomic E-state index is 5.30. The minimum atomic E-state index is 0.376. The summed E-state index contributed by atoms with van der Waals surface area (Å²) in [6, 6.07) is 9.20. The van der Waals surface area contributed by atoms with Gasteiger partial charge in [0.15, 0.2) is 0 Å². The standard InChI is InChI=1S/C18H29NO/c1-13(2)18(3,4)12-19-16-9-15(10-16)14-7-6-8-17(11-14)20-5/h6-8,11,13,15-16,19H,9-10,12H2,1-5H3. The van der Waals surface area contributed by atoms with Crippen molar-refractivity contribution in [1.82, 2.24) is 5.32 Å². The SMILES string of the molecule is COc1cccc(C2CC(NCC(C)(C)C(C)C)C2)c1. The Bertz CT molecular complexity index is 433. The Balaban J connectivity index is 1.80. The Labute approximate surface area is 123 Å². The topological polar surface area (TPSA) is 21.3 Å². The van der Waals surface area contributed by atoms with Gasteiger partial charge in [-0.25, -0.2) is 0 Å². The molecule has 0 bridgehead atoms. The van der Waals surface area contributed by atoms with Gasteiger partial charge in [-0.15, -0.1) is 0 Å². The quantitative estimate of drug-likeness (QED) is 0.839. The van der Waals surface area contributed by atoms with Crippen molar-refractivity contribution in [2.45, 2.75) is 52.5 Å². The van der Waals surface area contributed by atoms with Crippen molar-refractivity contribution < 1.29 is 4.74 Å². The summed E-state index contributed by atoms with van der Waals surface area (Å²) in [6.07, 6.45) is 2.50. The van der Waals surface area contributed by atoms with Gasteiger partial charge in [0, 0.05) is 12.6 Å². The molecular weight excluding hydrogens is 246 g/mol. The highest BCUT2D eigenvalue weighted by Crippen LogP contribution is 2.38. The van der Waals surface area contributed by atoms with Gasteiger partial charge in [0.2, 0.25) is 0 Å². The molecule has 2 heteroatoms. The van der Waals surface area contributed by atoms with E-state index in [1.165, 1.54) is 18.4 Å². The van der Waals surface area contributed by atoms with Crippen molar-refractivity contribution in [3.63, 3.8) is 0 Å². The van der Waals surface area contributed by atoms with Crippen molar-refractivity contribution in [1.29, 1.82) is 0 Å². The van der Waals surface area contributed by atoms with Crippen LogP contribution in [-0.2, 0) is 0 Å². The third kappa shape index (κ3) is 3.54. The minimum Gasteiger partial charge on any atom is -0.497 e. The molecule has 0 radical (unpaired) electrons. The highest BCUT2D eigenvalue weighted by Gasteiger charge is 2.32. The van der Waals surface area contributed by atoms with E-state index in [4.69, 9.17) is 4.74 Å². The fraction of sp³-hybridized carbons (Fsp3) is 0.667. The van der Waals surface area contributed by atoms with Crippen LogP contribution in [0.25, 0.3) is 0 Å². The second-order valence-electron chi connectivity index (χ2n) is 7.17. The van der Waals surface area contributed by atoms with Gasteiger partial charge in [0.05, 0.1) is 7.11 Å². The molecule has 0 unspecified atom stereocenters. The predicted octanol–water partition coefficient (Wildman–Crippen LogP) is 4.21. The number of methoxy groups -OCH3 is 1. The van der Waals surface area contributed by atoms with Gasteiger partial charge in [0.25, 0.3) is 0 Å². The van der Waals surface area contributed by atoms with Crippen LogP contribution in [0.5, 0.6) is 5.75 Å². The van der Waals surface area contributed by atoms with Crippen LogP contribution < -0.4 is 10.1 Å². The molecule has 0 amide bonds. The molecule has 0 heterocycles. The Hall–Kier alpha value is -1.02. The van der Waals surface area contributed by atoms with Crippen LogP contribution in [-0.4, -0.2) is 19.7 Å². The summed E-state index contributed by atoms with van der Waals surface area (Å²) >= 11 is 0. The van der Waals surface area contributed by atoms with Gasteiger partial charge < -0.3 is 10.1 Å². The van der Waals surface area contributed by atoms with Gasteiger partial charge in [-0.3, -0.25) is 0 Å². The lowest BCUT2D eigenvalue weighted by molar-refractivity contribution is 0.197. The number of hydrogen-bond donors (Lipinski definition) is 1. The Morgan fingerprint density at radius 2 is 2.00 bits per heavy atom. The van der Waals surface area contributed by atoms with E-state index in [1.807, 2.05) is 6.07 Å². The Kier molecular flexibility index (Phi) is 4.74. The average molecular weight is 275 g/mol. The second kappa shape index (κ2) is 6.17. The number of ether oxygens (including phenoxy) is 1. The molecule has 1 aliphatic rings. The molecule has 2 nitrogen and oxygen atoms in total. The smallest absolute Gasteiger partial charge is 0.119 e. The highest BCUT2D eigenvalue weighted by molar-refractivity contribution is 5.32. The lowest BCUT2D eigenvalue weighted by atomic mass is 9.74. The number of hydrogen-bond acceptors (Lipinski definition) is 2. The van der Waals surface area contributed by atoms with Gasteiger partial charge in [0.1, 0.15) is 5.75 Å². The van der Waals surface area contributed by atoms with Crippen molar-refractivity contribution in [2.24, 2.45) is 11.3 Å². The van der Waals surface area contributed by atoms with Crippen LogP contribution in [0.1, 0.15) is 52.0 Å². The fourth-order valence-corrected chi connectivity index (χ4v) is 2.56. The first-order valence-electron chi connectivity index (χ1n) is 7.79. The zero-order valence-corrected chi connectivity index (χ0v) is 13.6. The van der Waals surface area contributed by atoms with E-state index in [2.05, 4.69) is 51.2 Å². The fourth-order valence-electron chi connectivity index (χ4n) is 2.56.